The van der Waals surface area contributed by atoms with E-state index in [9.17, 15) is 10.2 Å². The lowest BCUT2D eigenvalue weighted by molar-refractivity contribution is -0.148. The zero-order valence-electron chi connectivity index (χ0n) is 19.2. The van der Waals surface area contributed by atoms with Crippen molar-refractivity contribution < 1.29 is 10.2 Å². The highest BCUT2D eigenvalue weighted by Gasteiger charge is 2.61. The topological polar surface area (TPSA) is 40.5 Å². The number of hydrogen-bond acceptors (Lipinski definition) is 2. The van der Waals surface area contributed by atoms with Crippen LogP contribution in [0.1, 0.15) is 105 Å². The largest absolute Gasteiger partial charge is 0.393 e. The lowest BCUT2D eigenvalue weighted by Gasteiger charge is -2.62. The minimum absolute atomic E-state index is 0.151. The fourth-order valence-electron chi connectivity index (χ4n) is 9.11. The molecule has 10 atom stereocenters. The highest BCUT2D eigenvalue weighted by Crippen LogP contribution is 2.68. The first-order valence-electron chi connectivity index (χ1n) is 12.5. The highest BCUT2D eigenvalue weighted by molar-refractivity contribution is 5.10. The minimum Gasteiger partial charge on any atom is -0.393 e. The average Bonchev–Trinajstić information content (AvgIpc) is 2.97. The molecule has 2 nitrogen and oxygen atoms in total. The Hall–Kier alpha value is -0.0800. The molecule has 0 saturated heterocycles. The van der Waals surface area contributed by atoms with Gasteiger partial charge in [-0.2, -0.15) is 0 Å². The summed E-state index contributed by atoms with van der Waals surface area (Å²) in [5.41, 5.74) is 0.586. The van der Waals surface area contributed by atoms with Crippen molar-refractivity contribution >= 4 is 0 Å². The number of fused-ring (bicyclic) bond motifs is 5. The summed E-state index contributed by atoms with van der Waals surface area (Å²) in [5, 5.41) is 20.4. The predicted octanol–water partition coefficient (Wildman–Crippen LogP) is 6.19. The van der Waals surface area contributed by atoms with E-state index in [0.717, 1.165) is 54.8 Å². The van der Waals surface area contributed by atoms with Crippen molar-refractivity contribution in [3.8, 4) is 0 Å². The smallest absolute Gasteiger partial charge is 0.0622 e. The molecule has 0 radical (unpaired) electrons. The lowest BCUT2D eigenvalue weighted by atomic mass is 9.43. The van der Waals surface area contributed by atoms with E-state index in [2.05, 4.69) is 27.7 Å². The zero-order valence-corrected chi connectivity index (χ0v) is 19.2. The number of aliphatic hydroxyl groups is 2. The zero-order chi connectivity index (χ0) is 20.3. The third-order valence-corrected chi connectivity index (χ3v) is 10.8. The van der Waals surface area contributed by atoms with Crippen molar-refractivity contribution in [1.29, 1.82) is 0 Å². The van der Waals surface area contributed by atoms with Gasteiger partial charge >= 0.3 is 0 Å². The summed E-state index contributed by atoms with van der Waals surface area (Å²) in [7, 11) is 0. The van der Waals surface area contributed by atoms with Gasteiger partial charge in [-0.15, -0.1) is 0 Å². The molecule has 4 rings (SSSR count). The van der Waals surface area contributed by atoms with Crippen molar-refractivity contribution in [3.05, 3.63) is 0 Å². The van der Waals surface area contributed by atoms with Gasteiger partial charge in [-0.3, -0.25) is 0 Å². The fraction of sp³-hybridized carbons (Fsp3) is 1.00. The predicted molar refractivity (Wildman–Crippen MR) is 116 cm³/mol. The molecule has 0 aromatic rings. The number of aliphatic hydroxyl groups excluding tert-OH is 1. The molecular formula is C26H46O2. The van der Waals surface area contributed by atoms with Gasteiger partial charge in [-0.1, -0.05) is 20.8 Å². The Kier molecular flexibility index (Phi) is 5.49. The van der Waals surface area contributed by atoms with Crippen molar-refractivity contribution in [3.63, 3.8) is 0 Å². The molecule has 4 aliphatic rings. The van der Waals surface area contributed by atoms with Crippen LogP contribution in [0.25, 0.3) is 0 Å². The van der Waals surface area contributed by atoms with E-state index in [1.54, 1.807) is 0 Å². The van der Waals surface area contributed by atoms with E-state index in [0.29, 0.717) is 10.8 Å². The summed E-state index contributed by atoms with van der Waals surface area (Å²) in [6, 6.07) is 0. The molecule has 162 valence electrons. The Bertz CT molecular complexity index is 569. The van der Waals surface area contributed by atoms with E-state index in [-0.39, 0.29) is 6.10 Å². The van der Waals surface area contributed by atoms with Crippen LogP contribution in [0.15, 0.2) is 0 Å². The SMILES string of the molecule is C[C@H](O)CC[C@@H](C)[C@H]1CC[C@H]2[C@@H]3CC[C@H]4C[C@@](C)(O)CC[C@]4(C)[C@H]3CC[C@]12C. The van der Waals surface area contributed by atoms with Gasteiger partial charge in [0.25, 0.3) is 0 Å². The van der Waals surface area contributed by atoms with Gasteiger partial charge in [-0.25, -0.2) is 0 Å². The van der Waals surface area contributed by atoms with Crippen LogP contribution >= 0.6 is 0 Å². The first-order valence-corrected chi connectivity index (χ1v) is 12.5. The maximum atomic E-state index is 10.7. The summed E-state index contributed by atoms with van der Waals surface area (Å²) >= 11 is 0. The van der Waals surface area contributed by atoms with Crippen LogP contribution in [0.2, 0.25) is 0 Å². The molecule has 28 heavy (non-hydrogen) atoms. The Balaban J connectivity index is 1.50. The highest BCUT2D eigenvalue weighted by atomic mass is 16.3. The Morgan fingerprint density at radius 1 is 0.821 bits per heavy atom. The molecule has 0 aromatic heterocycles. The van der Waals surface area contributed by atoms with Crippen LogP contribution in [0, 0.1) is 46.3 Å². The molecule has 0 heterocycles. The molecule has 0 aliphatic heterocycles. The van der Waals surface area contributed by atoms with E-state index < -0.39 is 5.60 Å². The molecule has 4 saturated carbocycles. The average molecular weight is 391 g/mol. The molecule has 0 unspecified atom stereocenters. The van der Waals surface area contributed by atoms with Gasteiger partial charge in [-0.05, 0) is 131 Å². The summed E-state index contributed by atoms with van der Waals surface area (Å²) in [6.45, 7) is 11.7. The summed E-state index contributed by atoms with van der Waals surface area (Å²) < 4.78 is 0. The van der Waals surface area contributed by atoms with Crippen LogP contribution in [-0.2, 0) is 0 Å². The van der Waals surface area contributed by atoms with Gasteiger partial charge in [0.2, 0.25) is 0 Å². The summed E-state index contributed by atoms with van der Waals surface area (Å²) in [4.78, 5) is 0. The molecule has 4 fully saturated rings. The minimum atomic E-state index is -0.419. The fourth-order valence-corrected chi connectivity index (χ4v) is 9.11. The summed E-state index contributed by atoms with van der Waals surface area (Å²) in [6.07, 6.45) is 13.7. The second kappa shape index (κ2) is 7.26. The van der Waals surface area contributed by atoms with Crippen LogP contribution in [0.5, 0.6) is 0 Å². The molecule has 0 spiro atoms. The number of hydrogen-bond donors (Lipinski definition) is 2. The molecular weight excluding hydrogens is 344 g/mol. The monoisotopic (exact) mass is 390 g/mol. The Morgan fingerprint density at radius 2 is 1.54 bits per heavy atom. The van der Waals surface area contributed by atoms with Crippen LogP contribution in [0.4, 0.5) is 0 Å². The van der Waals surface area contributed by atoms with Crippen molar-refractivity contribution in [2.45, 2.75) is 117 Å². The summed E-state index contributed by atoms with van der Waals surface area (Å²) in [5.74, 6) is 5.09. The standard InChI is InChI=1S/C26H46O2/c1-17(6-7-18(2)27)21-10-11-22-20-9-8-19-16-24(3,28)14-15-25(19,4)23(20)12-13-26(21,22)5/h17-23,27-28H,6-16H2,1-5H3/t17-,18+,19+,20+,21-,22+,23+,24+,25+,26-/m1/s1. The van der Waals surface area contributed by atoms with Crippen LogP contribution < -0.4 is 0 Å². The molecule has 4 aliphatic carbocycles. The van der Waals surface area contributed by atoms with Crippen molar-refractivity contribution in [1.82, 2.24) is 0 Å². The van der Waals surface area contributed by atoms with Crippen molar-refractivity contribution in [2.24, 2.45) is 46.3 Å². The first kappa shape index (κ1) is 21.2. The molecule has 2 N–H and O–H groups in total. The van der Waals surface area contributed by atoms with Gasteiger partial charge in [0.05, 0.1) is 11.7 Å². The Labute approximate surface area is 173 Å². The third kappa shape index (κ3) is 3.39. The third-order valence-electron chi connectivity index (χ3n) is 10.8. The van der Waals surface area contributed by atoms with Gasteiger partial charge in [0.15, 0.2) is 0 Å². The molecule has 0 aromatic carbocycles. The van der Waals surface area contributed by atoms with E-state index in [4.69, 9.17) is 0 Å². The van der Waals surface area contributed by atoms with Crippen LogP contribution in [0.3, 0.4) is 0 Å². The van der Waals surface area contributed by atoms with E-state index in [1.165, 1.54) is 51.4 Å². The maximum absolute atomic E-state index is 10.7. The first-order chi connectivity index (χ1) is 13.1. The second-order valence-electron chi connectivity index (χ2n) is 12.5. The van der Waals surface area contributed by atoms with Gasteiger partial charge in [0, 0.05) is 0 Å². The lowest BCUT2D eigenvalue weighted by Crippen LogP contribution is -2.55. The Morgan fingerprint density at radius 3 is 2.25 bits per heavy atom. The quantitative estimate of drug-likeness (QED) is 0.600. The second-order valence-corrected chi connectivity index (χ2v) is 12.5. The van der Waals surface area contributed by atoms with Gasteiger partial charge in [0.1, 0.15) is 0 Å². The molecule has 0 bridgehead atoms. The molecule has 2 heteroatoms. The normalized spacial score (nSPS) is 53.0. The van der Waals surface area contributed by atoms with Crippen LogP contribution in [-0.4, -0.2) is 21.9 Å². The van der Waals surface area contributed by atoms with E-state index >= 15 is 0 Å². The molecule has 0 amide bonds. The van der Waals surface area contributed by atoms with Crippen molar-refractivity contribution in [2.75, 3.05) is 0 Å². The number of rotatable bonds is 4. The maximum Gasteiger partial charge on any atom is 0.0622 e. The van der Waals surface area contributed by atoms with Gasteiger partial charge < -0.3 is 10.2 Å². The van der Waals surface area contributed by atoms with E-state index in [1.807, 2.05) is 6.92 Å².